The molecule has 0 N–H and O–H groups in total. The van der Waals surface area contributed by atoms with Crippen molar-refractivity contribution in [2.75, 3.05) is 0 Å². The molecule has 0 spiro atoms. The van der Waals surface area contributed by atoms with Crippen molar-refractivity contribution in [2.24, 2.45) is 0 Å². The van der Waals surface area contributed by atoms with Gasteiger partial charge in [0, 0.05) is 61.4 Å². The Labute approximate surface area is 251 Å². The number of halogens is 12. The van der Waals surface area contributed by atoms with Gasteiger partial charge in [-0.2, -0.15) is 0 Å². The molecule has 140 valence electrons. The highest BCUT2D eigenvalue weighted by Crippen LogP contribution is 2.54. The molecule has 2 rings (SSSR count). The van der Waals surface area contributed by atoms with Crippen molar-refractivity contribution in [1.82, 2.24) is 0 Å². The number of rotatable bonds is 2. The molecule has 0 aliphatic rings. The quantitative estimate of drug-likeness (QED) is 0.208. The fraction of sp³-hybridized carbons (Fsp3) is 0. The van der Waals surface area contributed by atoms with Crippen molar-refractivity contribution in [2.45, 2.75) is 0 Å². The molecule has 0 amide bonds. The fourth-order valence-corrected chi connectivity index (χ4v) is 9.64. The largest absolute Gasteiger partial charge is 0.0690 e. The van der Waals surface area contributed by atoms with Gasteiger partial charge in [-0.3, -0.25) is 0 Å². The average molecular weight is 1130 g/mol. The second-order valence-corrected chi connectivity index (χ2v) is 15.1. The third-order valence-corrected chi connectivity index (χ3v) is 16.1. The van der Waals surface area contributed by atoms with E-state index in [-0.39, 0.29) is 0 Å². The molecule has 26 heavy (non-hydrogen) atoms. The van der Waals surface area contributed by atoms with E-state index < -0.39 is 0 Å². The minimum atomic E-state index is 0.787. The van der Waals surface area contributed by atoms with Gasteiger partial charge < -0.3 is 0 Å². The average Bonchev–Trinajstić information content (AvgIpc) is 2.60. The number of hydrogen-bond donors (Lipinski definition) is 0. The normalized spacial score (nSPS) is 11.1. The van der Waals surface area contributed by atoms with Gasteiger partial charge in [-0.05, 0) is 191 Å². The zero-order valence-electron chi connectivity index (χ0n) is 11.5. The summed E-state index contributed by atoms with van der Waals surface area (Å²) in [7, 11) is 0. The third-order valence-electron chi connectivity index (χ3n) is 3.11. The molecule has 2 aromatic rings. The first-order valence-corrected chi connectivity index (χ1v) is 15.5. The first-order valence-electron chi connectivity index (χ1n) is 6.02. The van der Waals surface area contributed by atoms with Crippen LogP contribution in [0.2, 0.25) is 0 Å². The van der Waals surface area contributed by atoms with Gasteiger partial charge in [0.05, 0.1) is 3.39 Å². The van der Waals surface area contributed by atoms with E-state index in [1.54, 1.807) is 0 Å². The third kappa shape index (κ3) is 4.96. The van der Waals surface area contributed by atoms with Crippen LogP contribution in [0.15, 0.2) is 48.1 Å². The lowest BCUT2D eigenvalue weighted by Crippen LogP contribution is -1.99. The highest BCUT2D eigenvalue weighted by molar-refractivity contribution is 9.28. The van der Waals surface area contributed by atoms with Crippen LogP contribution >= 0.6 is 191 Å². The lowest BCUT2D eigenvalue weighted by atomic mass is 9.99. The highest BCUT2D eigenvalue weighted by atomic mass is 79.9. The summed E-state index contributed by atoms with van der Waals surface area (Å²) in [6, 6.07) is 0. The van der Waals surface area contributed by atoms with E-state index in [9.17, 15) is 0 Å². The SMILES string of the molecule is BrC(Br)=C(c1c(Br)c(Br)c(Br)c(Br)c1Br)c1c(Br)c(Br)c(Br)c(Br)c1Br. The number of benzene rings is 2. The van der Waals surface area contributed by atoms with E-state index in [4.69, 9.17) is 0 Å². The zero-order valence-corrected chi connectivity index (χ0v) is 30.6. The Kier molecular flexibility index (Phi) is 10.8. The fourth-order valence-electron chi connectivity index (χ4n) is 1.96. The standard InChI is InChI=1S/C14Br12/c15-4-2(5(16)9(20)12(23)8(4)19)1(14(25)26)3-6(17)10(21)13(24)11(22)7(3)18. The summed E-state index contributed by atoms with van der Waals surface area (Å²) < 4.78 is 9.72. The lowest BCUT2D eigenvalue weighted by molar-refractivity contribution is 1.36. The Morgan fingerprint density at radius 2 is 0.538 bits per heavy atom. The predicted octanol–water partition coefficient (Wildman–Crippen LogP) is 12.8. The van der Waals surface area contributed by atoms with Crippen molar-refractivity contribution in [3.63, 3.8) is 0 Å². The van der Waals surface area contributed by atoms with Gasteiger partial charge in [0.15, 0.2) is 0 Å². The van der Waals surface area contributed by atoms with Gasteiger partial charge >= 0.3 is 0 Å². The molecular formula is C14Br12. The molecule has 0 heterocycles. The molecule has 0 saturated carbocycles. The van der Waals surface area contributed by atoms with E-state index in [0.717, 1.165) is 64.8 Å². The second kappa shape index (κ2) is 10.7. The summed E-state index contributed by atoms with van der Waals surface area (Å²) >= 11 is 43.8. The Morgan fingerprint density at radius 1 is 0.346 bits per heavy atom. The van der Waals surface area contributed by atoms with E-state index in [0.29, 0.717) is 0 Å². The lowest BCUT2D eigenvalue weighted by Gasteiger charge is -2.21. The Bertz CT molecular complexity index is 826. The van der Waals surface area contributed by atoms with Crippen molar-refractivity contribution >= 4 is 197 Å². The Balaban J connectivity index is 3.06. The van der Waals surface area contributed by atoms with Crippen molar-refractivity contribution in [1.29, 1.82) is 0 Å². The predicted molar refractivity (Wildman–Crippen MR) is 154 cm³/mol. The monoisotopic (exact) mass is 1120 g/mol. The maximum atomic E-state index is 3.72. The van der Waals surface area contributed by atoms with E-state index in [1.807, 2.05) is 0 Å². The molecule has 12 heteroatoms. The zero-order chi connectivity index (χ0) is 20.1. The summed E-state index contributed by atoms with van der Waals surface area (Å²) in [4.78, 5) is 0. The maximum absolute atomic E-state index is 3.72. The van der Waals surface area contributed by atoms with Gasteiger partial charge in [0.25, 0.3) is 0 Å². The summed E-state index contributed by atoms with van der Waals surface area (Å²) in [6.45, 7) is 0. The second-order valence-electron chi connectivity index (χ2n) is 4.53. The van der Waals surface area contributed by atoms with Gasteiger partial charge in [-0.25, -0.2) is 0 Å². The molecule has 0 aliphatic heterocycles. The minimum absolute atomic E-state index is 0.787. The molecule has 0 radical (unpaired) electrons. The Hall–Kier alpha value is 3.94. The highest BCUT2D eigenvalue weighted by Gasteiger charge is 2.28. The molecule has 0 bridgehead atoms. The van der Waals surface area contributed by atoms with Crippen LogP contribution < -0.4 is 0 Å². The molecule has 2 aromatic carbocycles. The van der Waals surface area contributed by atoms with Crippen molar-refractivity contribution < 1.29 is 0 Å². The van der Waals surface area contributed by atoms with Gasteiger partial charge in [-0.1, -0.05) is 0 Å². The van der Waals surface area contributed by atoms with E-state index >= 15 is 0 Å². The van der Waals surface area contributed by atoms with Gasteiger partial charge in [0.1, 0.15) is 0 Å². The summed E-state index contributed by atoms with van der Waals surface area (Å²) in [5, 5.41) is 0. The van der Waals surface area contributed by atoms with Gasteiger partial charge in [-0.15, -0.1) is 0 Å². The van der Waals surface area contributed by atoms with Crippen LogP contribution in [0.4, 0.5) is 0 Å². The summed E-state index contributed by atoms with van der Waals surface area (Å²) in [6.07, 6.45) is 0. The van der Waals surface area contributed by atoms with Crippen LogP contribution in [0.1, 0.15) is 11.1 Å². The molecular weight excluding hydrogens is 1130 g/mol. The summed E-state index contributed by atoms with van der Waals surface area (Å²) in [5.74, 6) is 0. The number of hydrogen-bond acceptors (Lipinski definition) is 0. The van der Waals surface area contributed by atoms with Crippen molar-refractivity contribution in [3.8, 4) is 0 Å². The molecule has 0 nitrogen and oxygen atoms in total. The van der Waals surface area contributed by atoms with Crippen LogP contribution in [0, 0.1) is 0 Å². The van der Waals surface area contributed by atoms with Gasteiger partial charge in [0.2, 0.25) is 0 Å². The smallest absolute Gasteiger partial charge is 0.0488 e. The van der Waals surface area contributed by atoms with E-state index in [2.05, 4.69) is 191 Å². The van der Waals surface area contributed by atoms with Crippen LogP contribution in [0.5, 0.6) is 0 Å². The molecule has 0 atom stereocenters. The van der Waals surface area contributed by atoms with Crippen LogP contribution in [0.25, 0.3) is 5.57 Å². The molecule has 0 aliphatic carbocycles. The van der Waals surface area contributed by atoms with Crippen molar-refractivity contribution in [3.05, 3.63) is 59.2 Å². The van der Waals surface area contributed by atoms with Crippen LogP contribution in [-0.2, 0) is 0 Å². The van der Waals surface area contributed by atoms with Crippen LogP contribution in [0.3, 0.4) is 0 Å². The molecule has 0 fully saturated rings. The molecule has 0 saturated heterocycles. The maximum Gasteiger partial charge on any atom is 0.0690 e. The molecule has 0 aromatic heterocycles. The topological polar surface area (TPSA) is 0 Å². The molecule has 0 unspecified atom stereocenters. The Morgan fingerprint density at radius 3 is 0.731 bits per heavy atom. The van der Waals surface area contributed by atoms with E-state index in [1.165, 1.54) is 0 Å². The first kappa shape index (κ1) is 26.2. The first-order chi connectivity index (χ1) is 11.9. The van der Waals surface area contributed by atoms with Crippen LogP contribution in [-0.4, -0.2) is 0 Å². The summed E-state index contributed by atoms with van der Waals surface area (Å²) in [5.41, 5.74) is 2.81. The minimum Gasteiger partial charge on any atom is -0.0488 e.